The van der Waals surface area contributed by atoms with Crippen LogP contribution in [0.3, 0.4) is 0 Å². The van der Waals surface area contributed by atoms with Crippen LogP contribution in [0, 0.1) is 5.92 Å². The molecule has 1 fully saturated rings. The van der Waals surface area contributed by atoms with Gasteiger partial charge in [-0.1, -0.05) is 43.7 Å². The van der Waals surface area contributed by atoms with Gasteiger partial charge in [-0.05, 0) is 61.2 Å². The number of nitrogens with zero attached hydrogens (tertiary/aromatic N) is 3. The minimum Gasteiger partial charge on any atom is -1.00 e. The van der Waals surface area contributed by atoms with Crippen LogP contribution in [0.5, 0.6) is 5.75 Å². The van der Waals surface area contributed by atoms with Crippen molar-refractivity contribution in [3.8, 4) is 5.75 Å². The minimum atomic E-state index is 0. The Morgan fingerprint density at radius 3 is 2.38 bits per heavy atom. The molecule has 2 aromatic carbocycles. The molecule has 0 spiro atoms. The quantitative estimate of drug-likeness (QED) is 0.238. The van der Waals surface area contributed by atoms with Crippen LogP contribution < -0.4 is 12.4 Å². The standard InChI is InChI=1S/C25H34ClN3O2.ClH/c1-29(2,19-31-16-6-9-20-7-4-3-5-8-20)18-21-17-24(14-15-25(21)30)28-27-23-12-10-22(26)11-13-23;/h10-15,17,20H,3-9,16,18-19H2,1-2H3;1H. The van der Waals surface area contributed by atoms with Gasteiger partial charge in [0.15, 0.2) is 6.73 Å². The van der Waals surface area contributed by atoms with Crippen molar-refractivity contribution in [1.82, 2.24) is 0 Å². The van der Waals surface area contributed by atoms with Crippen molar-refractivity contribution in [3.63, 3.8) is 0 Å². The topological polar surface area (TPSA) is 54.2 Å². The molecule has 0 heterocycles. The highest BCUT2D eigenvalue weighted by molar-refractivity contribution is 6.30. The average Bonchev–Trinajstić information content (AvgIpc) is 2.75. The molecule has 0 atom stereocenters. The maximum Gasteiger partial charge on any atom is 0.182 e. The fourth-order valence-electron chi connectivity index (χ4n) is 4.15. The van der Waals surface area contributed by atoms with Crippen molar-refractivity contribution in [2.24, 2.45) is 16.1 Å². The average molecular weight is 480 g/mol. The Morgan fingerprint density at radius 1 is 1.00 bits per heavy atom. The molecule has 0 amide bonds. The lowest BCUT2D eigenvalue weighted by atomic mass is 9.86. The van der Waals surface area contributed by atoms with Crippen LogP contribution in [0.25, 0.3) is 0 Å². The second-order valence-corrected chi connectivity index (χ2v) is 9.70. The van der Waals surface area contributed by atoms with Crippen LogP contribution in [0.4, 0.5) is 11.4 Å². The highest BCUT2D eigenvalue weighted by Crippen LogP contribution is 2.29. The molecule has 0 saturated heterocycles. The van der Waals surface area contributed by atoms with Crippen LogP contribution in [-0.4, -0.2) is 37.0 Å². The molecule has 5 nitrogen and oxygen atoms in total. The number of ether oxygens (including phenoxy) is 1. The predicted molar refractivity (Wildman–Crippen MR) is 126 cm³/mol. The van der Waals surface area contributed by atoms with Gasteiger partial charge in [0.1, 0.15) is 12.3 Å². The van der Waals surface area contributed by atoms with E-state index in [-0.39, 0.29) is 18.2 Å². The van der Waals surface area contributed by atoms with Crippen molar-refractivity contribution >= 4 is 23.0 Å². The molecule has 0 unspecified atom stereocenters. The number of hydrogen-bond donors (Lipinski definition) is 1. The molecule has 1 N–H and O–H groups in total. The maximum absolute atomic E-state index is 10.3. The highest BCUT2D eigenvalue weighted by atomic mass is 35.5. The van der Waals surface area contributed by atoms with E-state index in [1.807, 2.05) is 18.2 Å². The second-order valence-electron chi connectivity index (χ2n) is 9.27. The van der Waals surface area contributed by atoms with Gasteiger partial charge in [0.2, 0.25) is 0 Å². The van der Waals surface area contributed by atoms with Gasteiger partial charge in [0.05, 0.1) is 37.6 Å². The smallest absolute Gasteiger partial charge is 0.182 e. The van der Waals surface area contributed by atoms with Crippen LogP contribution >= 0.6 is 11.6 Å². The van der Waals surface area contributed by atoms with Crippen LogP contribution in [0.1, 0.15) is 50.5 Å². The molecule has 32 heavy (non-hydrogen) atoms. The Kier molecular flexibility index (Phi) is 10.9. The SMILES string of the molecule is C[N+](C)(COCCCC1CCCCC1)Cc1cc(N=Nc2ccc(Cl)cc2)ccc1O.[Cl-]. The summed E-state index contributed by atoms with van der Waals surface area (Å²) in [5, 5.41) is 19.5. The molecule has 3 rings (SSSR count). The van der Waals surface area contributed by atoms with Crippen molar-refractivity contribution in [3.05, 3.63) is 53.1 Å². The summed E-state index contributed by atoms with van der Waals surface area (Å²) in [6.45, 7) is 2.07. The summed E-state index contributed by atoms with van der Waals surface area (Å²) in [7, 11) is 4.23. The fraction of sp³-hybridized carbons (Fsp3) is 0.520. The summed E-state index contributed by atoms with van der Waals surface area (Å²) in [5.41, 5.74) is 2.27. The van der Waals surface area contributed by atoms with E-state index in [0.29, 0.717) is 28.5 Å². The van der Waals surface area contributed by atoms with E-state index < -0.39 is 0 Å². The summed E-state index contributed by atoms with van der Waals surface area (Å²) < 4.78 is 6.62. The Labute approximate surface area is 203 Å². The second kappa shape index (κ2) is 13.1. The van der Waals surface area contributed by atoms with Gasteiger partial charge in [0.25, 0.3) is 0 Å². The number of halogens is 2. The lowest BCUT2D eigenvalue weighted by Crippen LogP contribution is -3.00. The first-order valence-corrected chi connectivity index (χ1v) is 11.7. The third-order valence-electron chi connectivity index (χ3n) is 5.84. The van der Waals surface area contributed by atoms with E-state index in [2.05, 4.69) is 24.3 Å². The summed E-state index contributed by atoms with van der Waals surface area (Å²) in [5.74, 6) is 1.18. The summed E-state index contributed by atoms with van der Waals surface area (Å²) >= 11 is 5.91. The molecule has 1 saturated carbocycles. The molecular formula is C25H35Cl2N3O2. The Hall–Kier alpha value is -1.66. The molecule has 0 bridgehead atoms. The minimum absolute atomic E-state index is 0. The molecule has 0 radical (unpaired) electrons. The Morgan fingerprint density at radius 2 is 1.66 bits per heavy atom. The number of hydrogen-bond acceptors (Lipinski definition) is 4. The number of benzene rings is 2. The van der Waals surface area contributed by atoms with Crippen LogP contribution in [0.2, 0.25) is 5.02 Å². The monoisotopic (exact) mass is 479 g/mol. The molecule has 7 heteroatoms. The number of aromatic hydroxyl groups is 1. The van der Waals surface area contributed by atoms with E-state index in [1.54, 1.807) is 24.3 Å². The van der Waals surface area contributed by atoms with Crippen LogP contribution in [0.15, 0.2) is 52.7 Å². The normalized spacial score (nSPS) is 15.1. The number of azo groups is 1. The highest BCUT2D eigenvalue weighted by Gasteiger charge is 2.19. The van der Waals surface area contributed by atoms with E-state index >= 15 is 0 Å². The molecule has 0 aromatic heterocycles. The van der Waals surface area contributed by atoms with Gasteiger partial charge in [-0.15, -0.1) is 0 Å². The first kappa shape index (κ1) is 26.6. The first-order chi connectivity index (χ1) is 14.9. The summed E-state index contributed by atoms with van der Waals surface area (Å²) in [4.78, 5) is 0. The van der Waals surface area contributed by atoms with Crippen LogP contribution in [-0.2, 0) is 11.3 Å². The number of phenolic OH excluding ortho intramolecular Hbond substituents is 1. The lowest BCUT2D eigenvalue weighted by molar-refractivity contribution is -0.922. The Bertz CT molecular complexity index is 851. The number of quaternary nitrogens is 1. The fourth-order valence-corrected chi connectivity index (χ4v) is 4.28. The molecule has 1 aliphatic carbocycles. The Balaban J connectivity index is 0.00000363. The van der Waals surface area contributed by atoms with Gasteiger partial charge in [0, 0.05) is 5.02 Å². The van der Waals surface area contributed by atoms with Gasteiger partial charge in [-0.3, -0.25) is 0 Å². The third-order valence-corrected chi connectivity index (χ3v) is 6.09. The zero-order valence-corrected chi connectivity index (χ0v) is 20.7. The van der Waals surface area contributed by atoms with Gasteiger partial charge >= 0.3 is 0 Å². The molecule has 2 aromatic rings. The van der Waals surface area contributed by atoms with E-state index in [0.717, 1.165) is 30.2 Å². The summed E-state index contributed by atoms with van der Waals surface area (Å²) in [6.07, 6.45) is 9.42. The van der Waals surface area contributed by atoms with Gasteiger partial charge in [-0.2, -0.15) is 10.2 Å². The van der Waals surface area contributed by atoms with E-state index in [4.69, 9.17) is 16.3 Å². The zero-order valence-electron chi connectivity index (χ0n) is 19.1. The zero-order chi connectivity index (χ0) is 22.1. The first-order valence-electron chi connectivity index (χ1n) is 11.3. The number of rotatable bonds is 10. The third kappa shape index (κ3) is 9.07. The molecule has 176 valence electrons. The maximum atomic E-state index is 10.3. The van der Waals surface area contributed by atoms with Gasteiger partial charge in [-0.25, -0.2) is 0 Å². The predicted octanol–water partition coefficient (Wildman–Crippen LogP) is 4.38. The summed E-state index contributed by atoms with van der Waals surface area (Å²) in [6, 6.07) is 12.5. The van der Waals surface area contributed by atoms with Gasteiger partial charge < -0.3 is 26.7 Å². The largest absolute Gasteiger partial charge is 1.00 e. The molecule has 1 aliphatic rings. The van der Waals surface area contributed by atoms with Crippen molar-refractivity contribution in [1.29, 1.82) is 0 Å². The van der Waals surface area contributed by atoms with Crippen molar-refractivity contribution in [2.75, 3.05) is 27.4 Å². The molecular weight excluding hydrogens is 445 g/mol. The molecule has 0 aliphatic heterocycles. The van der Waals surface area contributed by atoms with Crippen molar-refractivity contribution < 1.29 is 26.7 Å². The number of phenols is 1. The van der Waals surface area contributed by atoms with E-state index in [9.17, 15) is 5.11 Å². The van der Waals surface area contributed by atoms with Crippen molar-refractivity contribution in [2.45, 2.75) is 51.5 Å². The lowest BCUT2D eigenvalue weighted by Gasteiger charge is -2.29. The van der Waals surface area contributed by atoms with E-state index in [1.165, 1.54) is 38.5 Å².